The van der Waals surface area contributed by atoms with Crippen LogP contribution in [0.1, 0.15) is 73.1 Å². The molecule has 3 heteroatoms. The van der Waals surface area contributed by atoms with Crippen LogP contribution in [0.3, 0.4) is 0 Å². The average molecular weight is 437 g/mol. The Balaban J connectivity index is 1.24. The van der Waals surface area contributed by atoms with Crippen molar-refractivity contribution in [2.24, 2.45) is 5.92 Å². The Hall–Kier alpha value is -2.55. The topological polar surface area (TPSA) is 0 Å². The van der Waals surface area contributed by atoms with Crippen molar-refractivity contribution in [2.75, 3.05) is 0 Å². The van der Waals surface area contributed by atoms with Crippen LogP contribution in [-0.4, -0.2) is 0 Å². The van der Waals surface area contributed by atoms with Crippen LogP contribution in [-0.2, 0) is 12.8 Å². The second-order valence-corrected chi connectivity index (χ2v) is 9.39. The Bertz CT molecular complexity index is 979. The molecule has 168 valence electrons. The third-order valence-corrected chi connectivity index (χ3v) is 7.10. The Morgan fingerprint density at radius 3 is 2.00 bits per heavy atom. The van der Waals surface area contributed by atoms with Gasteiger partial charge in [0.1, 0.15) is 0 Å². The Labute approximate surface area is 189 Å². The van der Waals surface area contributed by atoms with Crippen LogP contribution < -0.4 is 0 Å². The van der Waals surface area contributed by atoms with Crippen LogP contribution in [0.4, 0.5) is 13.2 Å². The van der Waals surface area contributed by atoms with Crippen molar-refractivity contribution in [1.82, 2.24) is 0 Å². The lowest BCUT2D eigenvalue weighted by Crippen LogP contribution is -2.14. The molecule has 32 heavy (non-hydrogen) atoms. The van der Waals surface area contributed by atoms with E-state index in [1.807, 2.05) is 0 Å². The summed E-state index contributed by atoms with van der Waals surface area (Å²) in [7, 11) is 0. The molecule has 0 heterocycles. The smallest absolute Gasteiger partial charge is 0.194 e. The predicted molar refractivity (Wildman–Crippen MR) is 124 cm³/mol. The molecular weight excluding hydrogens is 405 g/mol. The molecule has 1 saturated carbocycles. The molecule has 0 saturated heterocycles. The van der Waals surface area contributed by atoms with E-state index in [9.17, 15) is 13.2 Å². The summed E-state index contributed by atoms with van der Waals surface area (Å²) in [6.07, 6.45) is 7.16. The van der Waals surface area contributed by atoms with E-state index < -0.39 is 17.5 Å². The maximum absolute atomic E-state index is 13.5. The van der Waals surface area contributed by atoms with Gasteiger partial charge in [-0.1, -0.05) is 61.5 Å². The number of rotatable bonds is 7. The van der Waals surface area contributed by atoms with E-state index in [0.29, 0.717) is 17.4 Å². The number of halogens is 3. The zero-order chi connectivity index (χ0) is 22.5. The van der Waals surface area contributed by atoms with Crippen molar-refractivity contribution in [3.8, 4) is 0 Å². The van der Waals surface area contributed by atoms with Gasteiger partial charge in [-0.3, -0.25) is 0 Å². The first-order valence-electron chi connectivity index (χ1n) is 11.8. The molecule has 3 aromatic rings. The normalized spacial score (nSPS) is 19.6. The van der Waals surface area contributed by atoms with Gasteiger partial charge in [-0.2, -0.15) is 0 Å². The fourth-order valence-corrected chi connectivity index (χ4v) is 5.06. The molecule has 1 atom stereocenters. The van der Waals surface area contributed by atoms with Crippen molar-refractivity contribution in [2.45, 2.75) is 63.7 Å². The molecule has 0 nitrogen and oxygen atoms in total. The van der Waals surface area contributed by atoms with Gasteiger partial charge >= 0.3 is 0 Å². The number of aryl methyl sites for hydroxylation is 1. The van der Waals surface area contributed by atoms with Crippen molar-refractivity contribution < 1.29 is 13.2 Å². The van der Waals surface area contributed by atoms with Gasteiger partial charge in [0.2, 0.25) is 0 Å². The van der Waals surface area contributed by atoms with Crippen LogP contribution in [0.2, 0.25) is 0 Å². The fraction of sp³-hybridized carbons (Fsp3) is 0.379. The molecule has 0 N–H and O–H groups in total. The summed E-state index contributed by atoms with van der Waals surface area (Å²) in [4.78, 5) is 0. The van der Waals surface area contributed by atoms with Crippen molar-refractivity contribution in [1.29, 1.82) is 0 Å². The fourth-order valence-electron chi connectivity index (χ4n) is 5.06. The number of hydrogen-bond acceptors (Lipinski definition) is 0. The van der Waals surface area contributed by atoms with Crippen LogP contribution in [0.15, 0.2) is 66.7 Å². The SMILES string of the molecule is C[C@@H](Cc1ccc(CCC2CCC(c3cc(F)c(F)c(F)c3)CC2)cc1)c1ccccc1. The molecule has 0 amide bonds. The quantitative estimate of drug-likeness (QED) is 0.326. The molecule has 0 aromatic heterocycles. The molecule has 1 aliphatic rings. The Kier molecular flexibility index (Phi) is 7.34. The first-order chi connectivity index (χ1) is 15.5. The van der Waals surface area contributed by atoms with E-state index >= 15 is 0 Å². The van der Waals surface area contributed by atoms with E-state index in [1.165, 1.54) is 28.8 Å². The minimum atomic E-state index is -1.37. The second-order valence-electron chi connectivity index (χ2n) is 9.39. The van der Waals surface area contributed by atoms with Crippen molar-refractivity contribution in [3.05, 3.63) is 106 Å². The molecule has 0 aliphatic heterocycles. The lowest BCUT2D eigenvalue weighted by molar-refractivity contribution is 0.309. The Morgan fingerprint density at radius 2 is 1.38 bits per heavy atom. The lowest BCUT2D eigenvalue weighted by atomic mass is 9.77. The average Bonchev–Trinajstić information content (AvgIpc) is 2.82. The summed E-state index contributed by atoms with van der Waals surface area (Å²) >= 11 is 0. The van der Waals surface area contributed by atoms with Gasteiger partial charge in [-0.25, -0.2) is 13.2 Å². The summed E-state index contributed by atoms with van der Waals surface area (Å²) in [5.74, 6) is -2.27. The molecule has 4 rings (SSSR count). The van der Waals surface area contributed by atoms with Gasteiger partial charge in [0.15, 0.2) is 17.5 Å². The van der Waals surface area contributed by atoms with Crippen LogP contribution in [0.25, 0.3) is 0 Å². The predicted octanol–water partition coefficient (Wildman–Crippen LogP) is 8.36. The maximum atomic E-state index is 13.5. The molecular formula is C29H31F3. The number of hydrogen-bond donors (Lipinski definition) is 0. The molecule has 0 radical (unpaired) electrons. The zero-order valence-electron chi connectivity index (χ0n) is 18.7. The molecule has 0 spiro atoms. The van der Waals surface area contributed by atoms with Gasteiger partial charge in [-0.15, -0.1) is 0 Å². The van der Waals surface area contributed by atoms with E-state index in [0.717, 1.165) is 44.9 Å². The van der Waals surface area contributed by atoms with Crippen LogP contribution in [0.5, 0.6) is 0 Å². The highest BCUT2D eigenvalue weighted by Crippen LogP contribution is 2.38. The standard InChI is InChI=1S/C29H31F3/c1-20(24-5-3-2-4-6-24)17-23-11-9-21(10-12-23)7-8-22-13-15-25(16-14-22)26-18-27(30)29(32)28(31)19-26/h2-6,9-12,18-20,22,25H,7-8,13-17H2,1H3/t20-,22?,25?/m0/s1. The van der Waals surface area contributed by atoms with E-state index in [4.69, 9.17) is 0 Å². The zero-order valence-corrected chi connectivity index (χ0v) is 18.7. The number of benzene rings is 3. The highest BCUT2D eigenvalue weighted by atomic mass is 19.2. The molecule has 1 fully saturated rings. The molecule has 3 aromatic carbocycles. The summed E-state index contributed by atoms with van der Waals surface area (Å²) in [5.41, 5.74) is 4.70. The summed E-state index contributed by atoms with van der Waals surface area (Å²) in [5, 5.41) is 0. The molecule has 1 aliphatic carbocycles. The van der Waals surface area contributed by atoms with Crippen molar-refractivity contribution >= 4 is 0 Å². The van der Waals surface area contributed by atoms with Crippen LogP contribution >= 0.6 is 0 Å². The van der Waals surface area contributed by atoms with Gasteiger partial charge in [0.25, 0.3) is 0 Å². The minimum absolute atomic E-state index is 0.127. The van der Waals surface area contributed by atoms with Gasteiger partial charge in [0, 0.05) is 0 Å². The second kappa shape index (κ2) is 10.4. The summed E-state index contributed by atoms with van der Waals surface area (Å²) in [6.45, 7) is 2.27. The third-order valence-electron chi connectivity index (χ3n) is 7.10. The van der Waals surface area contributed by atoms with Crippen LogP contribution in [0, 0.1) is 23.4 Å². The Morgan fingerprint density at radius 1 is 0.781 bits per heavy atom. The minimum Gasteiger partial charge on any atom is -0.204 e. The molecule has 0 unspecified atom stereocenters. The van der Waals surface area contributed by atoms with Gasteiger partial charge in [-0.05, 0) is 97.1 Å². The highest BCUT2D eigenvalue weighted by Gasteiger charge is 2.24. The molecule has 0 bridgehead atoms. The van der Waals surface area contributed by atoms with E-state index in [1.54, 1.807) is 0 Å². The van der Waals surface area contributed by atoms with Gasteiger partial charge in [0.05, 0.1) is 0 Å². The maximum Gasteiger partial charge on any atom is 0.194 e. The first-order valence-corrected chi connectivity index (χ1v) is 11.8. The first kappa shape index (κ1) is 22.6. The largest absolute Gasteiger partial charge is 0.204 e. The van der Waals surface area contributed by atoms with Crippen molar-refractivity contribution in [3.63, 3.8) is 0 Å². The van der Waals surface area contributed by atoms with E-state index in [-0.39, 0.29) is 5.92 Å². The summed E-state index contributed by atoms with van der Waals surface area (Å²) in [6, 6.07) is 22.0. The lowest BCUT2D eigenvalue weighted by Gasteiger charge is -2.29. The highest BCUT2D eigenvalue weighted by molar-refractivity contribution is 5.27. The summed E-state index contributed by atoms with van der Waals surface area (Å²) < 4.78 is 40.3. The van der Waals surface area contributed by atoms with E-state index in [2.05, 4.69) is 61.5 Å². The third kappa shape index (κ3) is 5.62. The monoisotopic (exact) mass is 436 g/mol. The van der Waals surface area contributed by atoms with Gasteiger partial charge < -0.3 is 0 Å².